The first-order valence-corrected chi connectivity index (χ1v) is 38.1. The topological polar surface area (TPSA) is 84.0 Å². The number of rotatable bonds is 14. The lowest BCUT2D eigenvalue weighted by atomic mass is 9.82. The highest BCUT2D eigenvalue weighted by Gasteiger charge is 2.33. The van der Waals surface area contributed by atoms with E-state index in [1.807, 2.05) is 12.1 Å². The van der Waals surface area contributed by atoms with E-state index in [1.165, 1.54) is 257 Å². The number of ether oxygens (including phenoxy) is 2. The number of benzene rings is 6. The lowest BCUT2D eigenvalue weighted by molar-refractivity contribution is 0.155. The van der Waals surface area contributed by atoms with E-state index in [2.05, 4.69) is 173 Å². The summed E-state index contributed by atoms with van der Waals surface area (Å²) in [6.45, 7) is 14.1. The van der Waals surface area contributed by atoms with Crippen molar-refractivity contribution in [3.8, 4) is 11.5 Å². The molecule has 6 aliphatic carbocycles. The molecule has 95 heavy (non-hydrogen) atoms. The fourth-order valence-electron chi connectivity index (χ4n) is 18.8. The highest BCUT2D eigenvalue weighted by molar-refractivity contribution is 5.89. The first-order chi connectivity index (χ1) is 46.7. The predicted molar refractivity (Wildman–Crippen MR) is 396 cm³/mol. The molecule has 2 aliphatic heterocycles. The maximum absolute atomic E-state index is 6.33. The van der Waals surface area contributed by atoms with Gasteiger partial charge in [-0.1, -0.05) is 104 Å². The Balaban J connectivity index is 0.000000104. The summed E-state index contributed by atoms with van der Waals surface area (Å²) in [6, 6.07) is 47.9. The van der Waals surface area contributed by atoms with Crippen molar-refractivity contribution >= 4 is 43.6 Å². The Kier molecular flexibility index (Phi) is 19.8. The number of aromatic amines is 2. The van der Waals surface area contributed by atoms with Crippen LogP contribution in [0.2, 0.25) is 0 Å². The Bertz CT molecular complexity index is 4220. The van der Waals surface area contributed by atoms with Crippen LogP contribution in [0.3, 0.4) is 0 Å². The number of nitrogens with zero attached hydrogens (tertiary/aromatic N) is 2. The van der Waals surface area contributed by atoms with Crippen molar-refractivity contribution in [2.24, 2.45) is 5.92 Å². The predicted octanol–water partition coefficient (Wildman–Crippen LogP) is 21.6. The third-order valence-electron chi connectivity index (χ3n) is 23.6. The monoisotopic (exact) mass is 1270 g/mol. The van der Waals surface area contributed by atoms with Gasteiger partial charge in [-0.15, -0.1) is 0 Å². The Hall–Kier alpha value is -7.00. The van der Waals surface area contributed by atoms with Crippen LogP contribution in [-0.4, -0.2) is 44.9 Å². The first-order valence-electron chi connectivity index (χ1n) is 38.1. The average molecular weight is 1270 g/mol. The molecule has 2 saturated carbocycles. The Morgan fingerprint density at radius 2 is 0.989 bits per heavy atom. The molecule has 8 aliphatic rings. The molecule has 6 heterocycles. The molecule has 4 N–H and O–H groups in total. The van der Waals surface area contributed by atoms with Gasteiger partial charge in [0.1, 0.15) is 11.5 Å². The molecular weight excluding hydrogens is 1160 g/mol. The zero-order chi connectivity index (χ0) is 64.2. The average Bonchev–Trinajstić information content (AvgIpc) is 1.60. The summed E-state index contributed by atoms with van der Waals surface area (Å²) in [4.78, 5) is 7.38. The van der Waals surface area contributed by atoms with Crippen molar-refractivity contribution in [1.82, 2.24) is 29.7 Å². The standard InChI is InChI=1S/C23H28N2O.C23H28N2.C21H27NO.C20H25N/c1-16-7-10-18(11-8-16)26-14-4-13-24-22-6-3-5-19-20-15-17(2)9-12-21(20)25-23(19)22;1-16-11-12-21-20(14-16)19-9-6-10-22(23(19)25-21)24-15-17(2)13-18-7-4-3-5-8-18;1-2-8-16(9-3-1)23-17-11-12-20-19(14-17)18-10-4-6-15-7-5-13-22(20)21(15)18;1-2-6-14(5-1)16-10-11-19-18(13-16)17-9-3-7-15-8-4-12-21(19)20(15)17/h7-12,15,22,24-25H,3-6,13-14H2,1-2H3;3-5,7-8,11-12,14,17,22,24-25H,6,9-10,13,15H2,1-2H3;11-12,14-16H,1-10,13H2;10-11,13-15H,1-9,12H2. The summed E-state index contributed by atoms with van der Waals surface area (Å²) < 4.78 is 17.5. The summed E-state index contributed by atoms with van der Waals surface area (Å²) in [7, 11) is 0. The summed E-state index contributed by atoms with van der Waals surface area (Å²) in [5.41, 5.74) is 25.2. The molecule has 4 aromatic heterocycles. The number of hydrogen-bond acceptors (Lipinski definition) is 4. The molecule has 5 unspecified atom stereocenters. The van der Waals surface area contributed by atoms with Crippen molar-refractivity contribution in [2.75, 3.05) is 19.7 Å². The molecule has 0 radical (unpaired) electrons. The smallest absolute Gasteiger partial charge is 0.120 e. The molecule has 498 valence electrons. The maximum atomic E-state index is 6.33. The van der Waals surface area contributed by atoms with Gasteiger partial charge in [0.05, 0.1) is 12.7 Å². The second-order valence-electron chi connectivity index (χ2n) is 30.5. The first kappa shape index (κ1) is 64.0. The van der Waals surface area contributed by atoms with E-state index in [9.17, 15) is 0 Å². The molecular formula is C87H108N6O2. The van der Waals surface area contributed by atoms with E-state index < -0.39 is 0 Å². The van der Waals surface area contributed by atoms with E-state index in [0.717, 1.165) is 61.8 Å². The van der Waals surface area contributed by atoms with Gasteiger partial charge in [0.15, 0.2) is 0 Å². The maximum Gasteiger partial charge on any atom is 0.120 e. The largest absolute Gasteiger partial charge is 0.494 e. The van der Waals surface area contributed by atoms with Gasteiger partial charge in [-0.3, -0.25) is 0 Å². The Morgan fingerprint density at radius 1 is 0.463 bits per heavy atom. The minimum absolute atomic E-state index is 0.436. The van der Waals surface area contributed by atoms with E-state index >= 15 is 0 Å². The molecule has 5 atom stereocenters. The zero-order valence-corrected chi connectivity index (χ0v) is 58.0. The van der Waals surface area contributed by atoms with Crippen LogP contribution in [0.1, 0.15) is 251 Å². The van der Waals surface area contributed by atoms with Crippen LogP contribution in [0.25, 0.3) is 43.6 Å². The van der Waals surface area contributed by atoms with Crippen molar-refractivity contribution in [3.63, 3.8) is 0 Å². The van der Waals surface area contributed by atoms with E-state index in [0.29, 0.717) is 24.1 Å². The summed E-state index contributed by atoms with van der Waals surface area (Å²) in [5, 5.41) is 13.5. The quantitative estimate of drug-likeness (QED) is 0.0818. The zero-order valence-electron chi connectivity index (χ0n) is 58.0. The SMILES string of the molecule is Cc1ccc(OCCCNC2CCCc3c2[nH]c2ccc(C)cc32)cc1.Cc1ccc2[nH]c3c(c2c1)CCCC3NCC(C)Cc1ccccc1.c1cc2c(cc1C1CCCC1)c1c3n2CCCC3CCC1.c1cc2c(cc1OC1CCCCC1)c1c3n2CCCC3CCC1. The van der Waals surface area contributed by atoms with Crippen LogP contribution in [0.15, 0.2) is 127 Å². The molecule has 0 saturated heterocycles. The van der Waals surface area contributed by atoms with Gasteiger partial charge in [0, 0.05) is 91.6 Å². The normalized spacial score (nSPS) is 20.9. The second-order valence-corrected chi connectivity index (χ2v) is 30.5. The molecule has 0 spiro atoms. The number of aromatic nitrogens is 4. The molecule has 8 heteroatoms. The van der Waals surface area contributed by atoms with Crippen molar-refractivity contribution < 1.29 is 9.47 Å². The number of fused-ring (bicyclic) bond motifs is 12. The van der Waals surface area contributed by atoms with Crippen molar-refractivity contribution in [1.29, 1.82) is 0 Å². The van der Waals surface area contributed by atoms with E-state index in [4.69, 9.17) is 9.47 Å². The highest BCUT2D eigenvalue weighted by atomic mass is 16.5. The molecule has 10 aromatic rings. The Labute approximate surface area is 567 Å². The molecule has 0 bridgehead atoms. The number of H-pyrrole nitrogens is 2. The number of aryl methyl sites for hydroxylation is 9. The van der Waals surface area contributed by atoms with E-state index in [1.54, 1.807) is 33.5 Å². The molecule has 8 nitrogen and oxygen atoms in total. The van der Waals surface area contributed by atoms with Gasteiger partial charge in [0.25, 0.3) is 0 Å². The van der Waals surface area contributed by atoms with Crippen LogP contribution in [0.5, 0.6) is 11.5 Å². The summed E-state index contributed by atoms with van der Waals surface area (Å²) in [6.07, 6.45) is 35.9. The lowest BCUT2D eigenvalue weighted by Gasteiger charge is -2.29. The molecule has 6 aromatic carbocycles. The van der Waals surface area contributed by atoms with Gasteiger partial charge in [-0.05, 0) is 312 Å². The fourth-order valence-corrected chi connectivity index (χ4v) is 18.8. The van der Waals surface area contributed by atoms with Crippen molar-refractivity contribution in [3.05, 3.63) is 200 Å². The van der Waals surface area contributed by atoms with Crippen LogP contribution in [0.4, 0.5) is 0 Å². The summed E-state index contributed by atoms with van der Waals surface area (Å²) >= 11 is 0. The van der Waals surface area contributed by atoms with Crippen LogP contribution in [0, 0.1) is 26.7 Å². The lowest BCUT2D eigenvalue weighted by Crippen LogP contribution is -2.29. The number of hydrogen-bond donors (Lipinski definition) is 4. The van der Waals surface area contributed by atoms with Crippen LogP contribution < -0.4 is 20.1 Å². The second kappa shape index (κ2) is 29.4. The van der Waals surface area contributed by atoms with Crippen LogP contribution >= 0.6 is 0 Å². The molecule has 0 amide bonds. The van der Waals surface area contributed by atoms with Gasteiger partial charge in [-0.25, -0.2) is 0 Å². The molecule has 18 rings (SSSR count). The minimum atomic E-state index is 0.436. The third kappa shape index (κ3) is 14.1. The fraction of sp³-hybridized carbons (Fsp3) is 0.494. The number of nitrogens with one attached hydrogen (secondary N) is 4. The van der Waals surface area contributed by atoms with Gasteiger partial charge < -0.3 is 39.2 Å². The third-order valence-corrected chi connectivity index (χ3v) is 23.6. The highest BCUT2D eigenvalue weighted by Crippen LogP contribution is 2.47. The van der Waals surface area contributed by atoms with Gasteiger partial charge in [-0.2, -0.15) is 0 Å². The summed E-state index contributed by atoms with van der Waals surface area (Å²) in [5.74, 6) is 5.23. The van der Waals surface area contributed by atoms with Gasteiger partial charge in [0.2, 0.25) is 0 Å². The Morgan fingerprint density at radius 3 is 1.62 bits per heavy atom. The minimum Gasteiger partial charge on any atom is -0.494 e. The van der Waals surface area contributed by atoms with Crippen molar-refractivity contribution in [2.45, 2.75) is 250 Å². The van der Waals surface area contributed by atoms with Crippen LogP contribution in [-0.2, 0) is 45.2 Å². The van der Waals surface area contributed by atoms with Gasteiger partial charge >= 0.3 is 0 Å². The van der Waals surface area contributed by atoms with E-state index in [-0.39, 0.29) is 0 Å². The molecule has 2 fully saturated rings.